The fourth-order valence-electron chi connectivity index (χ4n) is 3.00. The zero-order chi connectivity index (χ0) is 17.8. The first kappa shape index (κ1) is 18.8. The number of nitro groups is 2. The minimum Gasteiger partial charge on any atom is -0.387 e. The molecule has 0 aliphatic heterocycles. The van der Waals surface area contributed by atoms with E-state index in [4.69, 9.17) is 10.5 Å². The third kappa shape index (κ3) is 3.58. The van der Waals surface area contributed by atoms with Crippen molar-refractivity contribution in [1.82, 2.24) is 0 Å². The summed E-state index contributed by atoms with van der Waals surface area (Å²) in [5.74, 6) is 0. The van der Waals surface area contributed by atoms with Crippen LogP contribution in [0, 0.1) is 20.2 Å². The van der Waals surface area contributed by atoms with Crippen LogP contribution in [0.5, 0.6) is 0 Å². The van der Waals surface area contributed by atoms with Crippen LogP contribution in [0.4, 0.5) is 17.1 Å². The molecule has 0 amide bonds. The van der Waals surface area contributed by atoms with E-state index < -0.39 is 32.5 Å². The van der Waals surface area contributed by atoms with E-state index in [-0.39, 0.29) is 0 Å². The molecule has 1 aromatic rings. The number of hydrogen-bond donors (Lipinski definition) is 1. The van der Waals surface area contributed by atoms with Crippen LogP contribution in [0.3, 0.4) is 0 Å². The summed E-state index contributed by atoms with van der Waals surface area (Å²) in [5, 5.41) is 22.7. The number of benzene rings is 1. The molecule has 0 saturated carbocycles. The summed E-state index contributed by atoms with van der Waals surface area (Å²) in [6, 6.07) is 1.32. The molecule has 0 fully saturated rings. The van der Waals surface area contributed by atoms with Crippen LogP contribution >= 0.6 is 0 Å². The maximum absolute atomic E-state index is 11.6. The molecule has 0 spiro atoms. The van der Waals surface area contributed by atoms with Crippen LogP contribution < -0.4 is 5.73 Å². The summed E-state index contributed by atoms with van der Waals surface area (Å²) in [5.41, 5.74) is 4.43. The number of aryl methyl sites for hydroxylation is 1. The Balaban J connectivity index is 3.84. The summed E-state index contributed by atoms with van der Waals surface area (Å²) in [4.78, 5) is 21.4. The third-order valence-electron chi connectivity index (χ3n) is 3.88. The average Bonchev–Trinajstić information content (AvgIpc) is 2.46. The molecule has 8 heteroatoms. The average molecular weight is 325 g/mol. The number of nitrogens with zero attached hydrogens (tertiary/aromatic N) is 2. The molecule has 1 rings (SSSR count). The van der Waals surface area contributed by atoms with E-state index in [9.17, 15) is 20.2 Å². The van der Waals surface area contributed by atoms with Crippen LogP contribution in [0.2, 0.25) is 0 Å². The van der Waals surface area contributed by atoms with Gasteiger partial charge in [0.2, 0.25) is 0 Å². The molecule has 0 bridgehead atoms. The maximum Gasteiger partial charge on any atom is 0.305 e. The first-order valence-corrected chi connectivity index (χ1v) is 7.61. The normalized spacial score (nSPS) is 13.6. The van der Waals surface area contributed by atoms with Crippen molar-refractivity contribution in [2.75, 3.05) is 12.3 Å². The van der Waals surface area contributed by atoms with Crippen molar-refractivity contribution in [1.29, 1.82) is 0 Å². The lowest BCUT2D eigenvalue weighted by molar-refractivity contribution is -0.393. The number of nitrogens with two attached hydrogens (primary N) is 1. The molecule has 1 aromatic carbocycles. The standard InChI is InChI=1S/C15H23N3O5/c1-5-8-15(4,23-7-3)12-10(6-2)9-11(17(19)20)13(16)14(12)18(21)22/h9H,5-8,16H2,1-4H3. The van der Waals surface area contributed by atoms with Gasteiger partial charge < -0.3 is 10.5 Å². The van der Waals surface area contributed by atoms with E-state index >= 15 is 0 Å². The lowest BCUT2D eigenvalue weighted by atomic mass is 9.84. The van der Waals surface area contributed by atoms with Gasteiger partial charge in [0, 0.05) is 12.7 Å². The maximum atomic E-state index is 11.6. The second-order valence-electron chi connectivity index (χ2n) is 5.47. The van der Waals surface area contributed by atoms with E-state index in [0.717, 1.165) is 6.42 Å². The van der Waals surface area contributed by atoms with Crippen molar-refractivity contribution in [2.24, 2.45) is 0 Å². The van der Waals surface area contributed by atoms with Gasteiger partial charge in [-0.25, -0.2) is 0 Å². The van der Waals surface area contributed by atoms with Crippen LogP contribution in [-0.4, -0.2) is 16.5 Å². The Kier molecular flexibility index (Phi) is 6.03. The molecule has 0 heterocycles. The summed E-state index contributed by atoms with van der Waals surface area (Å²) in [7, 11) is 0. The number of hydrogen-bond acceptors (Lipinski definition) is 6. The van der Waals surface area contributed by atoms with Crippen LogP contribution in [0.25, 0.3) is 0 Å². The molecular formula is C15H23N3O5. The first-order valence-electron chi connectivity index (χ1n) is 7.61. The number of rotatable bonds is 8. The zero-order valence-corrected chi connectivity index (χ0v) is 13.9. The minimum absolute atomic E-state index is 0.344. The van der Waals surface area contributed by atoms with Crippen molar-refractivity contribution in [3.05, 3.63) is 37.4 Å². The second-order valence-corrected chi connectivity index (χ2v) is 5.47. The summed E-state index contributed by atoms with van der Waals surface area (Å²) in [6.07, 6.45) is 1.70. The molecule has 23 heavy (non-hydrogen) atoms. The topological polar surface area (TPSA) is 122 Å². The molecule has 0 aromatic heterocycles. The molecule has 128 valence electrons. The van der Waals surface area contributed by atoms with Crippen molar-refractivity contribution in [2.45, 2.75) is 52.6 Å². The SMILES string of the molecule is CCCC(C)(OCC)c1c(CC)cc([N+](=O)[O-])c(N)c1[N+](=O)[O-]. The Morgan fingerprint density at radius 2 is 1.83 bits per heavy atom. The highest BCUT2D eigenvalue weighted by Gasteiger charge is 2.40. The predicted octanol–water partition coefficient (Wildman–Crippen LogP) is 3.70. The van der Waals surface area contributed by atoms with E-state index in [0.29, 0.717) is 30.6 Å². The van der Waals surface area contributed by atoms with Crippen LogP contribution in [0.1, 0.15) is 51.7 Å². The van der Waals surface area contributed by atoms with Gasteiger partial charge in [-0.3, -0.25) is 20.2 Å². The quantitative estimate of drug-likeness (QED) is 0.442. The van der Waals surface area contributed by atoms with Gasteiger partial charge >= 0.3 is 5.69 Å². The monoisotopic (exact) mass is 325 g/mol. The fraction of sp³-hybridized carbons (Fsp3) is 0.600. The van der Waals surface area contributed by atoms with Gasteiger partial charge in [-0.05, 0) is 32.3 Å². The highest BCUT2D eigenvalue weighted by atomic mass is 16.6. The van der Waals surface area contributed by atoms with Gasteiger partial charge in [-0.2, -0.15) is 0 Å². The predicted molar refractivity (Wildman–Crippen MR) is 87.4 cm³/mol. The van der Waals surface area contributed by atoms with Crippen molar-refractivity contribution in [3.8, 4) is 0 Å². The van der Waals surface area contributed by atoms with Gasteiger partial charge in [0.1, 0.15) is 0 Å². The Morgan fingerprint density at radius 3 is 2.22 bits per heavy atom. The number of anilines is 1. The zero-order valence-electron chi connectivity index (χ0n) is 13.9. The molecule has 1 atom stereocenters. The molecule has 1 unspecified atom stereocenters. The van der Waals surface area contributed by atoms with Crippen molar-refractivity contribution < 1.29 is 14.6 Å². The Morgan fingerprint density at radius 1 is 1.22 bits per heavy atom. The molecule has 2 N–H and O–H groups in total. The van der Waals surface area contributed by atoms with Gasteiger partial charge in [0.15, 0.2) is 5.69 Å². The van der Waals surface area contributed by atoms with Crippen molar-refractivity contribution >= 4 is 17.1 Å². The number of nitrogen functional groups attached to an aromatic ring is 1. The third-order valence-corrected chi connectivity index (χ3v) is 3.88. The van der Waals surface area contributed by atoms with Gasteiger partial charge in [-0.15, -0.1) is 0 Å². The van der Waals surface area contributed by atoms with E-state index in [2.05, 4.69) is 0 Å². The van der Waals surface area contributed by atoms with Crippen LogP contribution in [-0.2, 0) is 16.8 Å². The summed E-state index contributed by atoms with van der Waals surface area (Å²) < 4.78 is 5.81. The van der Waals surface area contributed by atoms with Crippen LogP contribution in [0.15, 0.2) is 6.07 Å². The Hall–Kier alpha value is -2.22. The molecule has 0 radical (unpaired) electrons. The van der Waals surface area contributed by atoms with Gasteiger partial charge in [0.25, 0.3) is 5.69 Å². The molecule has 0 aliphatic carbocycles. The number of nitro benzene ring substituents is 2. The highest BCUT2D eigenvalue weighted by molar-refractivity contribution is 5.76. The second kappa shape index (κ2) is 7.36. The number of ether oxygens (including phenoxy) is 1. The lowest BCUT2D eigenvalue weighted by Gasteiger charge is -2.31. The Bertz CT molecular complexity index is 610. The lowest BCUT2D eigenvalue weighted by Crippen LogP contribution is -2.29. The molecular weight excluding hydrogens is 302 g/mol. The highest BCUT2D eigenvalue weighted by Crippen LogP contribution is 2.45. The van der Waals surface area contributed by atoms with E-state index in [1.165, 1.54) is 6.07 Å². The van der Waals surface area contributed by atoms with Gasteiger partial charge in [0.05, 0.1) is 21.0 Å². The molecule has 0 aliphatic rings. The fourth-order valence-corrected chi connectivity index (χ4v) is 3.00. The van der Waals surface area contributed by atoms with E-state index in [1.807, 2.05) is 6.92 Å². The smallest absolute Gasteiger partial charge is 0.305 e. The minimum atomic E-state index is -0.916. The molecule has 0 saturated heterocycles. The van der Waals surface area contributed by atoms with Crippen molar-refractivity contribution in [3.63, 3.8) is 0 Å². The largest absolute Gasteiger partial charge is 0.387 e. The molecule has 8 nitrogen and oxygen atoms in total. The Labute approximate surface area is 134 Å². The summed E-state index contributed by atoms with van der Waals surface area (Å²) in [6.45, 7) is 7.69. The summed E-state index contributed by atoms with van der Waals surface area (Å²) >= 11 is 0. The van der Waals surface area contributed by atoms with E-state index in [1.54, 1.807) is 20.8 Å². The first-order chi connectivity index (χ1) is 10.7. The van der Waals surface area contributed by atoms with Gasteiger partial charge in [-0.1, -0.05) is 20.3 Å².